The molecule has 3 nitrogen and oxygen atoms in total. The van der Waals surface area contributed by atoms with Crippen molar-refractivity contribution in [2.24, 2.45) is 0 Å². The van der Waals surface area contributed by atoms with Crippen LogP contribution < -0.4 is 0 Å². The molecule has 0 amide bonds. The first-order chi connectivity index (χ1) is 9.15. The average molecular weight is 270 g/mol. The monoisotopic (exact) mass is 270 g/mol. The van der Waals surface area contributed by atoms with Crippen LogP contribution in [0.15, 0.2) is 52.3 Å². The van der Waals surface area contributed by atoms with Crippen LogP contribution in [0.25, 0.3) is 6.08 Å². The standard InChI is InChI=1S/C15H10O3S/c16-11-6-5-9(7-12(11)17)8-14-15(18)10-3-1-2-4-13(10)19-14/h1-8,16-17H/b14-8+. The van der Waals surface area contributed by atoms with Crippen molar-refractivity contribution in [1.82, 2.24) is 0 Å². The Hall–Kier alpha value is -2.20. The third kappa shape index (κ3) is 2.11. The van der Waals surface area contributed by atoms with E-state index in [1.807, 2.05) is 18.2 Å². The van der Waals surface area contributed by atoms with Crippen LogP contribution in [0, 0.1) is 0 Å². The minimum absolute atomic E-state index is 0.00633. The minimum atomic E-state index is -0.192. The lowest BCUT2D eigenvalue weighted by molar-refractivity contribution is 0.104. The largest absolute Gasteiger partial charge is 0.504 e. The molecule has 2 N–H and O–H groups in total. The van der Waals surface area contributed by atoms with Gasteiger partial charge >= 0.3 is 0 Å². The van der Waals surface area contributed by atoms with E-state index in [2.05, 4.69) is 0 Å². The zero-order valence-electron chi connectivity index (χ0n) is 9.83. The molecule has 0 spiro atoms. The summed E-state index contributed by atoms with van der Waals surface area (Å²) < 4.78 is 0. The summed E-state index contributed by atoms with van der Waals surface area (Å²) in [7, 11) is 0. The highest BCUT2D eigenvalue weighted by Crippen LogP contribution is 2.40. The molecule has 94 valence electrons. The summed E-state index contributed by atoms with van der Waals surface area (Å²) in [6.45, 7) is 0. The fourth-order valence-electron chi connectivity index (χ4n) is 1.92. The molecule has 1 aliphatic rings. The second-order valence-electron chi connectivity index (χ2n) is 4.18. The average Bonchev–Trinajstić information content (AvgIpc) is 2.72. The van der Waals surface area contributed by atoms with E-state index in [4.69, 9.17) is 0 Å². The summed E-state index contributed by atoms with van der Waals surface area (Å²) in [5.41, 5.74) is 1.39. The zero-order chi connectivity index (χ0) is 13.4. The Morgan fingerprint density at radius 2 is 1.79 bits per heavy atom. The maximum atomic E-state index is 12.2. The number of rotatable bonds is 1. The number of carbonyl (C=O) groups is 1. The lowest BCUT2D eigenvalue weighted by Crippen LogP contribution is -1.93. The summed E-state index contributed by atoms with van der Waals surface area (Å²) in [6, 6.07) is 11.9. The van der Waals surface area contributed by atoms with Crippen molar-refractivity contribution in [3.05, 3.63) is 58.5 Å². The number of allylic oxidation sites excluding steroid dienone is 1. The quantitative estimate of drug-likeness (QED) is 0.615. The van der Waals surface area contributed by atoms with Crippen LogP contribution in [0.2, 0.25) is 0 Å². The Balaban J connectivity index is 1.98. The summed E-state index contributed by atoms with van der Waals surface area (Å²) >= 11 is 1.42. The van der Waals surface area contributed by atoms with Crippen molar-refractivity contribution in [2.45, 2.75) is 4.90 Å². The molecular weight excluding hydrogens is 260 g/mol. The summed E-state index contributed by atoms with van der Waals surface area (Å²) in [5, 5.41) is 18.7. The van der Waals surface area contributed by atoms with E-state index in [-0.39, 0.29) is 17.3 Å². The molecule has 0 radical (unpaired) electrons. The van der Waals surface area contributed by atoms with Crippen LogP contribution in [-0.2, 0) is 0 Å². The van der Waals surface area contributed by atoms with E-state index in [9.17, 15) is 15.0 Å². The molecule has 0 unspecified atom stereocenters. The molecule has 4 heteroatoms. The molecule has 0 saturated carbocycles. The van der Waals surface area contributed by atoms with Gasteiger partial charge in [0.25, 0.3) is 0 Å². The second kappa shape index (κ2) is 4.48. The van der Waals surface area contributed by atoms with Crippen molar-refractivity contribution in [2.75, 3.05) is 0 Å². The maximum absolute atomic E-state index is 12.2. The van der Waals surface area contributed by atoms with Crippen LogP contribution in [0.3, 0.4) is 0 Å². The van der Waals surface area contributed by atoms with Crippen LogP contribution in [-0.4, -0.2) is 16.0 Å². The molecule has 1 heterocycles. The van der Waals surface area contributed by atoms with Crippen molar-refractivity contribution < 1.29 is 15.0 Å². The van der Waals surface area contributed by atoms with Gasteiger partial charge in [-0.15, -0.1) is 0 Å². The predicted octanol–water partition coefficient (Wildman–Crippen LogP) is 3.43. The number of fused-ring (bicyclic) bond motifs is 1. The van der Waals surface area contributed by atoms with E-state index < -0.39 is 0 Å². The van der Waals surface area contributed by atoms with Gasteiger partial charge in [0.05, 0.1) is 4.91 Å². The van der Waals surface area contributed by atoms with Gasteiger partial charge in [0.2, 0.25) is 5.78 Å². The van der Waals surface area contributed by atoms with Gasteiger partial charge < -0.3 is 10.2 Å². The first-order valence-electron chi connectivity index (χ1n) is 5.70. The molecule has 2 aromatic rings. The molecular formula is C15H10O3S. The van der Waals surface area contributed by atoms with Crippen molar-refractivity contribution in [1.29, 1.82) is 0 Å². The summed E-state index contributed by atoms with van der Waals surface area (Å²) in [6.07, 6.45) is 1.71. The number of aromatic hydroxyl groups is 2. The Kier molecular flexibility index (Phi) is 2.80. The molecule has 0 atom stereocenters. The van der Waals surface area contributed by atoms with Gasteiger partial charge in [-0.3, -0.25) is 4.79 Å². The number of phenols is 2. The van der Waals surface area contributed by atoms with Gasteiger partial charge in [-0.1, -0.05) is 30.0 Å². The second-order valence-corrected chi connectivity index (χ2v) is 5.27. The van der Waals surface area contributed by atoms with Crippen molar-refractivity contribution >= 4 is 23.6 Å². The van der Waals surface area contributed by atoms with Gasteiger partial charge in [0.15, 0.2) is 11.5 Å². The molecule has 19 heavy (non-hydrogen) atoms. The number of hydrogen-bond acceptors (Lipinski definition) is 4. The van der Waals surface area contributed by atoms with Gasteiger partial charge in [0.1, 0.15) is 0 Å². The van der Waals surface area contributed by atoms with Crippen molar-refractivity contribution in [3.8, 4) is 11.5 Å². The van der Waals surface area contributed by atoms with E-state index >= 15 is 0 Å². The van der Waals surface area contributed by atoms with Gasteiger partial charge in [-0.2, -0.15) is 0 Å². The highest BCUT2D eigenvalue weighted by molar-refractivity contribution is 8.04. The van der Waals surface area contributed by atoms with Gasteiger partial charge in [-0.05, 0) is 35.9 Å². The van der Waals surface area contributed by atoms with Gasteiger partial charge in [0, 0.05) is 10.5 Å². The van der Waals surface area contributed by atoms with Crippen LogP contribution in [0.1, 0.15) is 15.9 Å². The van der Waals surface area contributed by atoms with E-state index in [1.165, 1.54) is 23.9 Å². The zero-order valence-corrected chi connectivity index (χ0v) is 10.6. The van der Waals surface area contributed by atoms with Crippen molar-refractivity contribution in [3.63, 3.8) is 0 Å². The molecule has 0 aromatic heterocycles. The molecule has 0 aliphatic carbocycles. The minimum Gasteiger partial charge on any atom is -0.504 e. The van der Waals surface area contributed by atoms with E-state index in [0.717, 1.165) is 4.90 Å². The van der Waals surface area contributed by atoms with Crippen LogP contribution in [0.4, 0.5) is 0 Å². The molecule has 2 aromatic carbocycles. The lowest BCUT2D eigenvalue weighted by Gasteiger charge is -1.99. The first kappa shape index (κ1) is 11.9. The normalized spacial score (nSPS) is 15.8. The van der Waals surface area contributed by atoms with Gasteiger partial charge in [-0.25, -0.2) is 0 Å². The summed E-state index contributed by atoms with van der Waals surface area (Å²) in [4.78, 5) is 13.7. The topological polar surface area (TPSA) is 57.5 Å². The predicted molar refractivity (Wildman–Crippen MR) is 74.4 cm³/mol. The molecule has 0 saturated heterocycles. The lowest BCUT2D eigenvalue weighted by atomic mass is 10.1. The number of benzene rings is 2. The van der Waals surface area contributed by atoms with Crippen LogP contribution >= 0.6 is 11.8 Å². The highest BCUT2D eigenvalue weighted by atomic mass is 32.2. The Labute approximate surface area is 114 Å². The number of carbonyl (C=O) groups excluding carboxylic acids is 1. The number of hydrogen-bond donors (Lipinski definition) is 2. The third-order valence-corrected chi connectivity index (χ3v) is 3.97. The summed E-state index contributed by atoms with van der Waals surface area (Å²) in [5.74, 6) is -0.369. The number of thioether (sulfide) groups is 1. The Bertz CT molecular complexity index is 704. The first-order valence-corrected chi connectivity index (χ1v) is 6.52. The molecule has 3 rings (SSSR count). The Morgan fingerprint density at radius 3 is 2.53 bits per heavy atom. The smallest absolute Gasteiger partial charge is 0.200 e. The molecule has 0 bridgehead atoms. The maximum Gasteiger partial charge on any atom is 0.200 e. The highest BCUT2D eigenvalue weighted by Gasteiger charge is 2.25. The number of phenolic OH excluding ortho intramolecular Hbond substituents is 2. The van der Waals surface area contributed by atoms with E-state index in [1.54, 1.807) is 18.2 Å². The molecule has 0 fully saturated rings. The fourth-order valence-corrected chi connectivity index (χ4v) is 2.97. The number of ketones is 1. The SMILES string of the molecule is O=C1/C(=C\c2ccc(O)c(O)c2)Sc2ccccc21. The molecule has 1 aliphatic heterocycles. The van der Waals surface area contributed by atoms with E-state index in [0.29, 0.717) is 16.0 Å². The third-order valence-electron chi connectivity index (χ3n) is 2.87. The Morgan fingerprint density at radius 1 is 1.00 bits per heavy atom. The number of Topliss-reactive ketones (excluding diaryl/α,β-unsaturated/α-hetero) is 1. The fraction of sp³-hybridized carbons (Fsp3) is 0. The van der Waals surface area contributed by atoms with Crippen LogP contribution in [0.5, 0.6) is 11.5 Å².